The van der Waals surface area contributed by atoms with Crippen LogP contribution in [0.25, 0.3) is 0 Å². The van der Waals surface area contributed by atoms with Crippen LogP contribution in [0.4, 0.5) is 0 Å². The highest BCUT2D eigenvalue weighted by atomic mass is 16.5. The Labute approximate surface area is 227 Å². The molecule has 1 aliphatic heterocycles. The summed E-state index contributed by atoms with van der Waals surface area (Å²) in [6.07, 6.45) is 9.75. The van der Waals surface area contributed by atoms with Crippen molar-refractivity contribution in [3.05, 3.63) is 35.9 Å². The summed E-state index contributed by atoms with van der Waals surface area (Å²) in [5, 5.41) is 6.26. The molecular formula is C29H46N4O5. The van der Waals surface area contributed by atoms with Crippen LogP contribution in [0.1, 0.15) is 89.0 Å². The van der Waals surface area contributed by atoms with Gasteiger partial charge in [-0.2, -0.15) is 0 Å². The molecule has 1 aromatic rings. The molecule has 1 atom stereocenters. The first-order valence-corrected chi connectivity index (χ1v) is 14.2. The number of nitrogens with one attached hydrogen (secondary N) is 2. The number of nitrogens with zero attached hydrogens (tertiary/aromatic N) is 1. The third-order valence-electron chi connectivity index (χ3n) is 6.74. The average molecular weight is 531 g/mol. The molecule has 1 aromatic carbocycles. The van der Waals surface area contributed by atoms with Gasteiger partial charge in [0.1, 0.15) is 6.61 Å². The molecule has 2 rings (SSSR count). The zero-order valence-electron chi connectivity index (χ0n) is 22.8. The molecule has 0 aromatic heterocycles. The highest BCUT2D eigenvalue weighted by Gasteiger charge is 2.26. The maximum absolute atomic E-state index is 12.7. The Kier molecular flexibility index (Phi) is 15.8. The zero-order chi connectivity index (χ0) is 27.4. The number of rotatable bonds is 20. The summed E-state index contributed by atoms with van der Waals surface area (Å²) >= 11 is 0. The van der Waals surface area contributed by atoms with E-state index in [1.54, 1.807) is 0 Å². The molecule has 0 unspecified atom stereocenters. The lowest BCUT2D eigenvalue weighted by molar-refractivity contribution is -0.145. The van der Waals surface area contributed by atoms with Crippen molar-refractivity contribution in [1.29, 1.82) is 0 Å². The lowest BCUT2D eigenvalue weighted by atomic mass is 10.1. The van der Waals surface area contributed by atoms with E-state index in [1.807, 2.05) is 35.2 Å². The fourth-order valence-electron chi connectivity index (χ4n) is 4.50. The number of ether oxygens (including phenoxy) is 1. The van der Waals surface area contributed by atoms with Gasteiger partial charge in [0.2, 0.25) is 17.7 Å². The Bertz CT molecular complexity index is 843. The number of carbonyl (C=O) groups excluding carboxylic acids is 4. The fourth-order valence-corrected chi connectivity index (χ4v) is 4.50. The Balaban J connectivity index is 1.42. The minimum Gasteiger partial charge on any atom is -0.461 e. The molecule has 4 N–H and O–H groups in total. The molecule has 38 heavy (non-hydrogen) atoms. The second kappa shape index (κ2) is 19.2. The van der Waals surface area contributed by atoms with E-state index in [-0.39, 0.29) is 36.2 Å². The van der Waals surface area contributed by atoms with E-state index >= 15 is 0 Å². The van der Waals surface area contributed by atoms with Crippen LogP contribution in [0.5, 0.6) is 0 Å². The van der Waals surface area contributed by atoms with Crippen molar-refractivity contribution in [2.45, 2.75) is 96.1 Å². The number of primary amides is 1. The molecule has 1 fully saturated rings. The van der Waals surface area contributed by atoms with E-state index < -0.39 is 0 Å². The van der Waals surface area contributed by atoms with Gasteiger partial charge in [0.25, 0.3) is 0 Å². The van der Waals surface area contributed by atoms with Crippen LogP contribution in [-0.2, 0) is 30.5 Å². The predicted molar refractivity (Wildman–Crippen MR) is 147 cm³/mol. The number of esters is 1. The van der Waals surface area contributed by atoms with Gasteiger partial charge in [0.05, 0.1) is 6.04 Å². The molecule has 0 saturated carbocycles. The summed E-state index contributed by atoms with van der Waals surface area (Å²) in [6, 6.07) is 9.27. The number of carbonyl (C=O) groups is 4. The number of amides is 3. The van der Waals surface area contributed by atoms with Crippen molar-refractivity contribution in [2.75, 3.05) is 26.2 Å². The van der Waals surface area contributed by atoms with Crippen LogP contribution in [0.3, 0.4) is 0 Å². The van der Waals surface area contributed by atoms with Gasteiger partial charge in [-0.3, -0.25) is 19.2 Å². The third kappa shape index (κ3) is 14.1. The molecule has 9 nitrogen and oxygen atoms in total. The van der Waals surface area contributed by atoms with Crippen molar-refractivity contribution in [3.8, 4) is 0 Å². The molecule has 1 aliphatic rings. The molecule has 0 radical (unpaired) electrons. The van der Waals surface area contributed by atoms with E-state index in [2.05, 4.69) is 10.6 Å². The second-order valence-electron chi connectivity index (χ2n) is 10.0. The van der Waals surface area contributed by atoms with Crippen LogP contribution in [0, 0.1) is 0 Å². The summed E-state index contributed by atoms with van der Waals surface area (Å²) in [4.78, 5) is 49.6. The van der Waals surface area contributed by atoms with Crippen molar-refractivity contribution >= 4 is 23.7 Å². The van der Waals surface area contributed by atoms with Crippen molar-refractivity contribution < 1.29 is 23.9 Å². The monoisotopic (exact) mass is 530 g/mol. The van der Waals surface area contributed by atoms with E-state index in [0.717, 1.165) is 76.4 Å². The summed E-state index contributed by atoms with van der Waals surface area (Å²) in [7, 11) is 0. The van der Waals surface area contributed by atoms with Gasteiger partial charge in [-0.25, -0.2) is 0 Å². The molecule has 212 valence electrons. The first kappa shape index (κ1) is 31.3. The number of nitrogens with two attached hydrogens (primary N) is 1. The fraction of sp³-hybridized carbons (Fsp3) is 0.655. The molecule has 1 heterocycles. The van der Waals surface area contributed by atoms with E-state index in [4.69, 9.17) is 10.5 Å². The minimum absolute atomic E-state index is 0.0631. The first-order chi connectivity index (χ1) is 18.5. The quantitative estimate of drug-likeness (QED) is 0.175. The molecule has 0 aliphatic carbocycles. The largest absolute Gasteiger partial charge is 0.461 e. The average Bonchev–Trinajstić information content (AvgIpc) is 3.46. The van der Waals surface area contributed by atoms with Crippen LogP contribution < -0.4 is 16.4 Å². The molecule has 9 heteroatoms. The molecular weight excluding hydrogens is 484 g/mol. The zero-order valence-corrected chi connectivity index (χ0v) is 22.8. The molecule has 0 spiro atoms. The summed E-state index contributed by atoms with van der Waals surface area (Å²) in [5.41, 5.74) is 6.26. The highest BCUT2D eigenvalue weighted by molar-refractivity contribution is 5.83. The SMILES string of the molecule is NC(=O)CC[C@H](NCCCCCCC(=O)NCCCCCC(=O)OCc1ccccc1)C(=O)N1CCCC1. The van der Waals surface area contributed by atoms with Crippen molar-refractivity contribution in [3.63, 3.8) is 0 Å². The van der Waals surface area contributed by atoms with E-state index in [9.17, 15) is 19.2 Å². The van der Waals surface area contributed by atoms with Gasteiger partial charge < -0.3 is 26.0 Å². The minimum atomic E-state index is -0.386. The summed E-state index contributed by atoms with van der Waals surface area (Å²) in [5.74, 6) is -0.437. The van der Waals surface area contributed by atoms with Gasteiger partial charge in [-0.05, 0) is 57.1 Å². The lowest BCUT2D eigenvalue weighted by Crippen LogP contribution is -2.46. The predicted octanol–water partition coefficient (Wildman–Crippen LogP) is 3.20. The third-order valence-corrected chi connectivity index (χ3v) is 6.74. The standard InChI is InChI=1S/C29H46N4O5/c30-26(34)18-17-25(29(37)33-21-11-12-22-33)31-19-9-2-1-7-15-27(35)32-20-10-4-8-16-28(36)38-23-24-13-5-3-6-14-24/h3,5-6,13-14,25,31H,1-2,4,7-12,15-23H2,(H2,30,34)(H,32,35)/t25-/m0/s1. The van der Waals surface area contributed by atoms with Gasteiger partial charge in [0.15, 0.2) is 0 Å². The topological polar surface area (TPSA) is 131 Å². The Morgan fingerprint density at radius 2 is 1.50 bits per heavy atom. The van der Waals surface area contributed by atoms with Gasteiger partial charge in [-0.1, -0.05) is 49.6 Å². The summed E-state index contributed by atoms with van der Waals surface area (Å²) in [6.45, 7) is 3.22. The van der Waals surface area contributed by atoms with Crippen LogP contribution in [0.15, 0.2) is 30.3 Å². The lowest BCUT2D eigenvalue weighted by Gasteiger charge is -2.24. The number of hydrogen-bond acceptors (Lipinski definition) is 6. The summed E-state index contributed by atoms with van der Waals surface area (Å²) < 4.78 is 5.27. The first-order valence-electron chi connectivity index (χ1n) is 14.2. The van der Waals surface area contributed by atoms with Gasteiger partial charge in [-0.15, -0.1) is 0 Å². The van der Waals surface area contributed by atoms with Gasteiger partial charge in [0, 0.05) is 38.9 Å². The van der Waals surface area contributed by atoms with E-state index in [0.29, 0.717) is 39.0 Å². The number of benzene rings is 1. The maximum atomic E-state index is 12.7. The van der Waals surface area contributed by atoms with Crippen molar-refractivity contribution in [1.82, 2.24) is 15.5 Å². The molecule has 1 saturated heterocycles. The van der Waals surface area contributed by atoms with Crippen LogP contribution in [-0.4, -0.2) is 60.8 Å². The van der Waals surface area contributed by atoms with E-state index in [1.165, 1.54) is 0 Å². The number of hydrogen-bond donors (Lipinski definition) is 3. The van der Waals surface area contributed by atoms with Crippen LogP contribution in [0.2, 0.25) is 0 Å². The normalized spacial score (nSPS) is 13.7. The Hall–Kier alpha value is -2.94. The Morgan fingerprint density at radius 3 is 2.24 bits per heavy atom. The maximum Gasteiger partial charge on any atom is 0.306 e. The Morgan fingerprint density at radius 1 is 0.842 bits per heavy atom. The highest BCUT2D eigenvalue weighted by Crippen LogP contribution is 2.12. The van der Waals surface area contributed by atoms with Crippen molar-refractivity contribution in [2.24, 2.45) is 5.73 Å². The van der Waals surface area contributed by atoms with Crippen LogP contribution >= 0.6 is 0 Å². The number of unbranched alkanes of at least 4 members (excludes halogenated alkanes) is 5. The van der Waals surface area contributed by atoms with Gasteiger partial charge >= 0.3 is 5.97 Å². The smallest absolute Gasteiger partial charge is 0.306 e. The molecule has 0 bridgehead atoms. The number of likely N-dealkylation sites (tertiary alicyclic amines) is 1. The second-order valence-corrected chi connectivity index (χ2v) is 10.0. The molecule has 3 amide bonds.